The fourth-order valence-electron chi connectivity index (χ4n) is 2.05. The molecule has 5 heteroatoms. The van der Waals surface area contributed by atoms with E-state index in [4.69, 9.17) is 4.74 Å². The van der Waals surface area contributed by atoms with Gasteiger partial charge in [0.1, 0.15) is 6.10 Å². The van der Waals surface area contributed by atoms with Crippen molar-refractivity contribution in [2.75, 3.05) is 25.5 Å². The van der Waals surface area contributed by atoms with E-state index in [0.29, 0.717) is 0 Å². The summed E-state index contributed by atoms with van der Waals surface area (Å²) in [6.45, 7) is 1.89. The number of likely N-dealkylation sites (tertiary alicyclic amines) is 1. The van der Waals surface area contributed by atoms with Gasteiger partial charge < -0.3 is 9.64 Å². The van der Waals surface area contributed by atoms with Gasteiger partial charge in [0.25, 0.3) is 0 Å². The summed E-state index contributed by atoms with van der Waals surface area (Å²) in [4.78, 5) is 13.9. The van der Waals surface area contributed by atoms with Crippen LogP contribution in [0.15, 0.2) is 28.7 Å². The van der Waals surface area contributed by atoms with Gasteiger partial charge in [0.2, 0.25) is 0 Å². The zero-order valence-electron chi connectivity index (χ0n) is 10.4. The van der Waals surface area contributed by atoms with E-state index in [1.54, 1.807) is 0 Å². The second-order valence-corrected chi connectivity index (χ2v) is 5.48. The third-order valence-electron chi connectivity index (χ3n) is 2.95. The molecular weight excluding hydrogens is 296 g/mol. The predicted molar refractivity (Wildman–Crippen MR) is 74.8 cm³/mol. The summed E-state index contributed by atoms with van der Waals surface area (Å²) >= 11 is 3.35. The van der Waals surface area contributed by atoms with Crippen LogP contribution in [0.5, 0.6) is 0 Å². The lowest BCUT2D eigenvalue weighted by atomic mass is 10.1. The number of hydrogen-bond donors (Lipinski definition) is 1. The van der Waals surface area contributed by atoms with Gasteiger partial charge in [-0.05, 0) is 50.7 Å². The van der Waals surface area contributed by atoms with E-state index in [9.17, 15) is 4.79 Å². The Bertz CT molecular complexity index is 408. The van der Waals surface area contributed by atoms with Crippen molar-refractivity contribution in [3.05, 3.63) is 28.7 Å². The van der Waals surface area contributed by atoms with Gasteiger partial charge in [-0.3, -0.25) is 5.32 Å². The Morgan fingerprint density at radius 3 is 2.83 bits per heavy atom. The van der Waals surface area contributed by atoms with Crippen LogP contribution in [0.4, 0.5) is 10.5 Å². The molecule has 0 spiro atoms. The Morgan fingerprint density at radius 1 is 1.44 bits per heavy atom. The fourth-order valence-corrected chi connectivity index (χ4v) is 2.31. The molecule has 0 saturated carbocycles. The van der Waals surface area contributed by atoms with Gasteiger partial charge in [0.15, 0.2) is 0 Å². The molecule has 1 aliphatic heterocycles. The third kappa shape index (κ3) is 3.99. The molecule has 98 valence electrons. The quantitative estimate of drug-likeness (QED) is 0.912. The highest BCUT2D eigenvalue weighted by Gasteiger charge is 2.20. The number of piperidine rings is 1. The van der Waals surface area contributed by atoms with E-state index in [1.165, 1.54) is 0 Å². The van der Waals surface area contributed by atoms with Crippen LogP contribution in [0, 0.1) is 0 Å². The normalized spacial score (nSPS) is 20.4. The zero-order chi connectivity index (χ0) is 13.0. The monoisotopic (exact) mass is 312 g/mol. The molecule has 0 unspecified atom stereocenters. The summed E-state index contributed by atoms with van der Waals surface area (Å²) in [6.07, 6.45) is 1.64. The predicted octanol–water partition coefficient (Wildman–Crippen LogP) is 3.09. The van der Waals surface area contributed by atoms with Crippen LogP contribution < -0.4 is 5.32 Å². The minimum absolute atomic E-state index is 0.000742. The molecule has 0 bridgehead atoms. The van der Waals surface area contributed by atoms with E-state index in [1.807, 2.05) is 31.3 Å². The highest BCUT2D eigenvalue weighted by atomic mass is 79.9. The van der Waals surface area contributed by atoms with Crippen molar-refractivity contribution < 1.29 is 9.53 Å². The molecule has 1 fully saturated rings. The van der Waals surface area contributed by atoms with Gasteiger partial charge in [-0.25, -0.2) is 4.79 Å². The largest absolute Gasteiger partial charge is 0.445 e. The average Bonchev–Trinajstić information content (AvgIpc) is 2.32. The third-order valence-corrected chi connectivity index (χ3v) is 3.47. The van der Waals surface area contributed by atoms with Crippen LogP contribution in [0.2, 0.25) is 0 Å². The van der Waals surface area contributed by atoms with Crippen LogP contribution >= 0.6 is 15.9 Å². The van der Waals surface area contributed by atoms with Crippen LogP contribution in [-0.4, -0.2) is 37.2 Å². The number of amides is 1. The van der Waals surface area contributed by atoms with Crippen LogP contribution in [-0.2, 0) is 4.74 Å². The molecule has 1 N–H and O–H groups in total. The highest BCUT2D eigenvalue weighted by molar-refractivity contribution is 9.10. The van der Waals surface area contributed by atoms with Gasteiger partial charge in [-0.2, -0.15) is 0 Å². The van der Waals surface area contributed by atoms with Crippen molar-refractivity contribution in [3.63, 3.8) is 0 Å². The molecule has 1 atom stereocenters. The molecule has 2 rings (SSSR count). The number of carbonyl (C=O) groups excluding carboxylic acids is 1. The van der Waals surface area contributed by atoms with Gasteiger partial charge >= 0.3 is 6.09 Å². The number of carbonyl (C=O) groups is 1. The van der Waals surface area contributed by atoms with Crippen LogP contribution in [0.1, 0.15) is 12.8 Å². The van der Waals surface area contributed by atoms with Crippen molar-refractivity contribution in [2.45, 2.75) is 18.9 Å². The minimum Gasteiger partial charge on any atom is -0.445 e. The summed E-state index contributed by atoms with van der Waals surface area (Å²) in [7, 11) is 2.04. The lowest BCUT2D eigenvalue weighted by molar-refractivity contribution is 0.0593. The Balaban J connectivity index is 1.83. The molecule has 1 aromatic carbocycles. The van der Waals surface area contributed by atoms with E-state index in [0.717, 1.165) is 36.1 Å². The second-order valence-electron chi connectivity index (χ2n) is 4.56. The van der Waals surface area contributed by atoms with Gasteiger partial charge in [0.05, 0.1) is 0 Å². The average molecular weight is 313 g/mol. The molecule has 1 heterocycles. The molecule has 0 aromatic heterocycles. The molecule has 4 nitrogen and oxygen atoms in total. The standard InChI is InChI=1S/C13H17BrN2O2/c1-16-8-2-3-12(9-16)18-13(17)15-11-6-4-10(14)5-7-11/h4-7,12H,2-3,8-9H2,1H3,(H,15,17)/t12-/m1/s1. The summed E-state index contributed by atoms with van der Waals surface area (Å²) in [5, 5.41) is 2.73. The van der Waals surface area contributed by atoms with E-state index >= 15 is 0 Å². The first kappa shape index (κ1) is 13.4. The van der Waals surface area contributed by atoms with Crippen molar-refractivity contribution in [2.24, 2.45) is 0 Å². The van der Waals surface area contributed by atoms with Crippen LogP contribution in [0.3, 0.4) is 0 Å². The summed E-state index contributed by atoms with van der Waals surface area (Å²) < 4.78 is 6.37. The molecular formula is C13H17BrN2O2. The number of hydrogen-bond acceptors (Lipinski definition) is 3. The lowest BCUT2D eigenvalue weighted by Gasteiger charge is -2.29. The maximum atomic E-state index is 11.7. The number of nitrogens with zero attached hydrogens (tertiary/aromatic N) is 1. The second kappa shape index (κ2) is 6.20. The highest BCUT2D eigenvalue weighted by Crippen LogP contribution is 2.16. The lowest BCUT2D eigenvalue weighted by Crippen LogP contribution is -2.38. The SMILES string of the molecule is CN1CCC[C@@H](OC(=O)Nc2ccc(Br)cc2)C1. The maximum Gasteiger partial charge on any atom is 0.411 e. The molecule has 1 aromatic rings. The summed E-state index contributed by atoms with van der Waals surface area (Å²) in [5.41, 5.74) is 0.743. The molecule has 0 aliphatic carbocycles. The molecule has 1 aliphatic rings. The Labute approximate surface area is 115 Å². The number of likely N-dealkylation sites (N-methyl/N-ethyl adjacent to an activating group) is 1. The molecule has 0 radical (unpaired) electrons. The first-order valence-corrected chi connectivity index (χ1v) is 6.84. The zero-order valence-corrected chi connectivity index (χ0v) is 11.9. The van der Waals surface area contributed by atoms with Gasteiger partial charge in [-0.15, -0.1) is 0 Å². The van der Waals surface area contributed by atoms with Crippen molar-refractivity contribution in [3.8, 4) is 0 Å². The van der Waals surface area contributed by atoms with Gasteiger partial charge in [-0.1, -0.05) is 15.9 Å². The van der Waals surface area contributed by atoms with Crippen molar-refractivity contribution >= 4 is 27.7 Å². The van der Waals surface area contributed by atoms with Crippen molar-refractivity contribution in [1.82, 2.24) is 4.90 Å². The first-order chi connectivity index (χ1) is 8.63. The molecule has 1 saturated heterocycles. The number of halogens is 1. The van der Waals surface area contributed by atoms with E-state index < -0.39 is 0 Å². The number of anilines is 1. The smallest absolute Gasteiger partial charge is 0.411 e. The number of nitrogens with one attached hydrogen (secondary N) is 1. The fraction of sp³-hybridized carbons (Fsp3) is 0.462. The Hall–Kier alpha value is -1.07. The topological polar surface area (TPSA) is 41.6 Å². The molecule has 18 heavy (non-hydrogen) atoms. The first-order valence-electron chi connectivity index (χ1n) is 6.05. The van der Waals surface area contributed by atoms with Gasteiger partial charge in [0, 0.05) is 16.7 Å². The number of rotatable bonds is 2. The number of benzene rings is 1. The van der Waals surface area contributed by atoms with E-state index in [2.05, 4.69) is 26.1 Å². The minimum atomic E-state index is -0.377. The Morgan fingerprint density at radius 2 is 2.17 bits per heavy atom. The number of ether oxygens (including phenoxy) is 1. The van der Waals surface area contributed by atoms with Crippen molar-refractivity contribution in [1.29, 1.82) is 0 Å². The molecule has 1 amide bonds. The summed E-state index contributed by atoms with van der Waals surface area (Å²) in [6, 6.07) is 7.42. The summed E-state index contributed by atoms with van der Waals surface area (Å²) in [5.74, 6) is 0. The maximum absolute atomic E-state index is 11.7. The Kier molecular flexibility index (Phi) is 4.60. The van der Waals surface area contributed by atoms with E-state index in [-0.39, 0.29) is 12.2 Å². The van der Waals surface area contributed by atoms with Crippen LogP contribution in [0.25, 0.3) is 0 Å².